The zero-order chi connectivity index (χ0) is 17.8. The lowest BCUT2D eigenvalue weighted by Gasteiger charge is -2.31. The van der Waals surface area contributed by atoms with Crippen LogP contribution in [0.5, 0.6) is 0 Å². The maximum Gasteiger partial charge on any atom is 0.311 e. The zero-order valence-electron chi connectivity index (χ0n) is 13.6. The molecule has 2 aromatic rings. The maximum atomic E-state index is 14.4. The monoisotopic (exact) mass is 346 g/mol. The van der Waals surface area contributed by atoms with Gasteiger partial charge in [0.1, 0.15) is 5.82 Å². The average Bonchev–Trinajstić information content (AvgIpc) is 2.61. The summed E-state index contributed by atoms with van der Waals surface area (Å²) in [4.78, 5) is 16.3. The van der Waals surface area contributed by atoms with E-state index in [0.29, 0.717) is 37.2 Å². The minimum absolute atomic E-state index is 0.119. The van der Waals surface area contributed by atoms with Gasteiger partial charge in [-0.05, 0) is 36.6 Å². The Bertz CT molecular complexity index is 763. The molecular formula is C17H19FN4O3. The SMILES string of the molecule is O=[N+]([O-])c1cccnc1NCc1ccc(N2CCC(O)CC2)c(F)c1. The molecule has 1 aliphatic heterocycles. The summed E-state index contributed by atoms with van der Waals surface area (Å²) >= 11 is 0. The van der Waals surface area contributed by atoms with Crippen LogP contribution in [0.25, 0.3) is 0 Å². The highest BCUT2D eigenvalue weighted by Gasteiger charge is 2.20. The van der Waals surface area contributed by atoms with Crippen LogP contribution in [-0.4, -0.2) is 34.2 Å². The molecule has 0 unspecified atom stereocenters. The molecule has 132 valence electrons. The second kappa shape index (κ2) is 7.43. The number of halogens is 1. The summed E-state index contributed by atoms with van der Waals surface area (Å²) in [6.45, 7) is 1.47. The van der Waals surface area contributed by atoms with Crippen LogP contribution in [-0.2, 0) is 6.54 Å². The van der Waals surface area contributed by atoms with E-state index in [1.54, 1.807) is 12.1 Å². The lowest BCUT2D eigenvalue weighted by atomic mass is 10.1. The van der Waals surface area contributed by atoms with Crippen molar-refractivity contribution in [3.63, 3.8) is 0 Å². The molecular weight excluding hydrogens is 327 g/mol. The summed E-state index contributed by atoms with van der Waals surface area (Å²) in [5.74, 6) is -0.187. The molecule has 0 spiro atoms. The molecule has 1 aliphatic rings. The fourth-order valence-electron chi connectivity index (χ4n) is 2.89. The van der Waals surface area contributed by atoms with Crippen LogP contribution in [0.3, 0.4) is 0 Å². The van der Waals surface area contributed by atoms with Crippen LogP contribution >= 0.6 is 0 Å². The highest BCUT2D eigenvalue weighted by molar-refractivity contribution is 5.56. The van der Waals surface area contributed by atoms with Gasteiger partial charge in [0.05, 0.1) is 16.7 Å². The van der Waals surface area contributed by atoms with Gasteiger partial charge >= 0.3 is 5.69 Å². The first kappa shape index (κ1) is 17.1. The quantitative estimate of drug-likeness (QED) is 0.639. The first-order valence-corrected chi connectivity index (χ1v) is 8.09. The van der Waals surface area contributed by atoms with E-state index >= 15 is 0 Å². The third-order valence-corrected chi connectivity index (χ3v) is 4.26. The molecule has 3 rings (SSSR count). The summed E-state index contributed by atoms with van der Waals surface area (Å²) in [5.41, 5.74) is 1.06. The highest BCUT2D eigenvalue weighted by Crippen LogP contribution is 2.25. The fraction of sp³-hybridized carbons (Fsp3) is 0.353. The number of benzene rings is 1. The van der Waals surface area contributed by atoms with Crippen LogP contribution in [0.4, 0.5) is 21.6 Å². The summed E-state index contributed by atoms with van der Waals surface area (Å²) < 4.78 is 14.4. The number of nitro groups is 1. The number of pyridine rings is 1. The fourth-order valence-corrected chi connectivity index (χ4v) is 2.89. The largest absolute Gasteiger partial charge is 0.393 e. The van der Waals surface area contributed by atoms with Crippen molar-refractivity contribution in [1.82, 2.24) is 4.98 Å². The van der Waals surface area contributed by atoms with Gasteiger partial charge in [-0.1, -0.05) is 6.07 Å². The van der Waals surface area contributed by atoms with E-state index in [1.807, 2.05) is 4.90 Å². The van der Waals surface area contributed by atoms with Gasteiger partial charge in [0, 0.05) is 31.9 Å². The predicted octanol–water partition coefficient (Wildman–Crippen LogP) is 2.70. The molecule has 1 fully saturated rings. The zero-order valence-corrected chi connectivity index (χ0v) is 13.6. The Hall–Kier alpha value is -2.74. The molecule has 0 aliphatic carbocycles. The Kier molecular flexibility index (Phi) is 5.08. The Labute approximate surface area is 144 Å². The van der Waals surface area contributed by atoms with E-state index in [2.05, 4.69) is 10.3 Å². The second-order valence-electron chi connectivity index (χ2n) is 5.99. The molecule has 0 amide bonds. The number of aliphatic hydroxyl groups is 1. The molecule has 1 aromatic carbocycles. The van der Waals surface area contributed by atoms with E-state index < -0.39 is 4.92 Å². The van der Waals surface area contributed by atoms with Crippen molar-refractivity contribution in [2.24, 2.45) is 0 Å². The van der Waals surface area contributed by atoms with Gasteiger partial charge in [0.2, 0.25) is 5.82 Å². The molecule has 0 bridgehead atoms. The Morgan fingerprint density at radius 3 is 2.80 bits per heavy atom. The third-order valence-electron chi connectivity index (χ3n) is 4.26. The Morgan fingerprint density at radius 1 is 1.36 bits per heavy atom. The van der Waals surface area contributed by atoms with Gasteiger partial charge < -0.3 is 15.3 Å². The van der Waals surface area contributed by atoms with Crippen LogP contribution in [0.1, 0.15) is 18.4 Å². The number of hydrogen-bond donors (Lipinski definition) is 2. The summed E-state index contributed by atoms with van der Waals surface area (Å²) in [5, 5.41) is 23.4. The van der Waals surface area contributed by atoms with Crippen LogP contribution in [0, 0.1) is 15.9 Å². The minimum atomic E-state index is -0.510. The predicted molar refractivity (Wildman–Crippen MR) is 92.1 cm³/mol. The standard InChI is InChI=1S/C17H19FN4O3/c18-14-10-12(3-4-15(14)21-8-5-13(23)6-9-21)11-20-17-16(22(24)25)2-1-7-19-17/h1-4,7,10,13,23H,5-6,8-9,11H2,(H,19,20). The molecule has 2 N–H and O–H groups in total. The average molecular weight is 346 g/mol. The van der Waals surface area contributed by atoms with Gasteiger partial charge in [0.15, 0.2) is 0 Å². The van der Waals surface area contributed by atoms with E-state index in [9.17, 15) is 19.6 Å². The van der Waals surface area contributed by atoms with Crippen molar-refractivity contribution in [3.05, 3.63) is 58.0 Å². The molecule has 0 saturated carbocycles. The molecule has 8 heteroatoms. The molecule has 0 atom stereocenters. The molecule has 1 aromatic heterocycles. The van der Waals surface area contributed by atoms with Gasteiger partial charge in [-0.2, -0.15) is 0 Å². The van der Waals surface area contributed by atoms with Gasteiger partial charge in [-0.25, -0.2) is 9.37 Å². The highest BCUT2D eigenvalue weighted by atomic mass is 19.1. The maximum absolute atomic E-state index is 14.4. The molecule has 0 radical (unpaired) electrons. The lowest BCUT2D eigenvalue weighted by molar-refractivity contribution is -0.384. The van der Waals surface area contributed by atoms with E-state index in [0.717, 1.165) is 0 Å². The van der Waals surface area contributed by atoms with Gasteiger partial charge in [-0.15, -0.1) is 0 Å². The topological polar surface area (TPSA) is 91.5 Å². The third kappa shape index (κ3) is 4.03. The first-order valence-electron chi connectivity index (χ1n) is 8.09. The number of rotatable bonds is 5. The number of anilines is 2. The minimum Gasteiger partial charge on any atom is -0.393 e. The van der Waals surface area contributed by atoms with Crippen LogP contribution in [0.2, 0.25) is 0 Å². The molecule has 25 heavy (non-hydrogen) atoms. The van der Waals surface area contributed by atoms with Gasteiger partial charge in [0.25, 0.3) is 0 Å². The molecule has 2 heterocycles. The summed E-state index contributed by atoms with van der Waals surface area (Å²) in [6.07, 6.45) is 2.42. The lowest BCUT2D eigenvalue weighted by Crippen LogP contribution is -2.36. The molecule has 1 saturated heterocycles. The second-order valence-corrected chi connectivity index (χ2v) is 5.99. The van der Waals surface area contributed by atoms with E-state index in [-0.39, 0.29) is 30.0 Å². The van der Waals surface area contributed by atoms with Crippen molar-refractivity contribution in [3.8, 4) is 0 Å². The number of piperidine rings is 1. The van der Waals surface area contributed by atoms with Crippen LogP contribution < -0.4 is 10.2 Å². The van der Waals surface area contributed by atoms with E-state index in [1.165, 1.54) is 24.4 Å². The van der Waals surface area contributed by atoms with Crippen LogP contribution in [0.15, 0.2) is 36.5 Å². The van der Waals surface area contributed by atoms with Gasteiger partial charge in [-0.3, -0.25) is 10.1 Å². The number of hydrogen-bond acceptors (Lipinski definition) is 6. The van der Waals surface area contributed by atoms with Crippen molar-refractivity contribution in [1.29, 1.82) is 0 Å². The van der Waals surface area contributed by atoms with Crippen molar-refractivity contribution in [2.45, 2.75) is 25.5 Å². The summed E-state index contributed by atoms with van der Waals surface area (Å²) in [6, 6.07) is 7.77. The van der Waals surface area contributed by atoms with Crippen molar-refractivity contribution >= 4 is 17.2 Å². The number of nitrogens with one attached hydrogen (secondary N) is 1. The smallest absolute Gasteiger partial charge is 0.311 e. The Balaban J connectivity index is 1.68. The number of nitrogens with zero attached hydrogens (tertiary/aromatic N) is 3. The number of aromatic nitrogens is 1. The Morgan fingerprint density at radius 2 is 2.12 bits per heavy atom. The molecule has 7 nitrogen and oxygen atoms in total. The summed E-state index contributed by atoms with van der Waals surface area (Å²) in [7, 11) is 0. The van der Waals surface area contributed by atoms with E-state index in [4.69, 9.17) is 0 Å². The normalized spacial score (nSPS) is 15.2. The number of aliphatic hydroxyl groups excluding tert-OH is 1. The van der Waals surface area contributed by atoms with Crippen molar-refractivity contribution < 1.29 is 14.4 Å². The first-order chi connectivity index (χ1) is 12.0. The van der Waals surface area contributed by atoms with Crippen molar-refractivity contribution in [2.75, 3.05) is 23.3 Å².